The normalized spacial score (nSPS) is 19.0. The van der Waals surface area contributed by atoms with Crippen molar-refractivity contribution >= 4 is 34.4 Å². The Morgan fingerprint density at radius 3 is 3.07 bits per heavy atom. The second kappa shape index (κ2) is 9.45. The van der Waals surface area contributed by atoms with Gasteiger partial charge in [-0.05, 0) is 62.4 Å². The van der Waals surface area contributed by atoms with Gasteiger partial charge in [-0.25, -0.2) is 9.97 Å². The molecule has 4 rings (SSSR count). The fourth-order valence-corrected chi connectivity index (χ4v) is 4.25. The molecule has 158 valence electrons. The monoisotopic (exact) mass is 427 g/mol. The lowest BCUT2D eigenvalue weighted by molar-refractivity contribution is -0.126. The number of halogens is 1. The molecule has 0 aromatic carbocycles. The van der Waals surface area contributed by atoms with Crippen LogP contribution < -0.4 is 10.6 Å². The van der Waals surface area contributed by atoms with Crippen molar-refractivity contribution in [2.75, 3.05) is 18.5 Å². The Morgan fingerprint density at radius 2 is 2.20 bits per heavy atom. The number of hydrogen-bond donors (Lipinski definition) is 3. The first-order chi connectivity index (χ1) is 14.6. The number of carbonyl (C=O) groups is 1. The third kappa shape index (κ3) is 4.91. The highest BCUT2D eigenvalue weighted by Gasteiger charge is 2.24. The molecule has 3 aromatic rings. The van der Waals surface area contributed by atoms with E-state index in [1.807, 2.05) is 37.4 Å². The molecular formula is C22H26ClN5O2. The molecule has 3 heterocycles. The molecule has 7 nitrogen and oxygen atoms in total. The van der Waals surface area contributed by atoms with Gasteiger partial charge in [-0.2, -0.15) is 0 Å². The first-order valence-electron chi connectivity index (χ1n) is 10.4. The van der Waals surface area contributed by atoms with E-state index in [-0.39, 0.29) is 24.6 Å². The molecule has 0 aliphatic heterocycles. The molecule has 1 amide bonds. The van der Waals surface area contributed by atoms with Gasteiger partial charge >= 0.3 is 0 Å². The minimum atomic E-state index is -0.0568. The quantitative estimate of drug-likeness (QED) is 0.492. The summed E-state index contributed by atoms with van der Waals surface area (Å²) in [7, 11) is 0. The number of pyridine rings is 2. The zero-order valence-corrected chi connectivity index (χ0v) is 17.7. The molecule has 0 radical (unpaired) electrons. The molecule has 30 heavy (non-hydrogen) atoms. The van der Waals surface area contributed by atoms with Crippen LogP contribution in [-0.4, -0.2) is 46.2 Å². The van der Waals surface area contributed by atoms with Gasteiger partial charge in [0, 0.05) is 42.0 Å². The van der Waals surface area contributed by atoms with Gasteiger partial charge in [-0.3, -0.25) is 4.79 Å². The lowest BCUT2D eigenvalue weighted by Gasteiger charge is -2.30. The Morgan fingerprint density at radius 1 is 1.33 bits per heavy atom. The standard InChI is InChI=1S/C22H26ClN5O2/c1-2-30-13-21(29)27-16-6-3-5-15(11-16)26-20-10-14(9-19(23)28-20)18-12-25-22-17(18)7-4-8-24-22/h4,7-10,12,15-16H,2-3,5-6,11,13H2,1H3,(H,24,25)(H,26,28)(H,27,29). The molecule has 2 atom stereocenters. The second-order valence-electron chi connectivity index (χ2n) is 7.58. The number of nitrogens with zero attached hydrogens (tertiary/aromatic N) is 2. The maximum atomic E-state index is 12.0. The summed E-state index contributed by atoms with van der Waals surface area (Å²) in [5.74, 6) is 0.681. The number of carbonyl (C=O) groups excluding carboxylic acids is 1. The van der Waals surface area contributed by atoms with Crippen LogP contribution in [0, 0.1) is 0 Å². The van der Waals surface area contributed by atoms with Crippen LogP contribution >= 0.6 is 11.6 Å². The largest absolute Gasteiger partial charge is 0.372 e. The van der Waals surface area contributed by atoms with Crippen LogP contribution in [0.3, 0.4) is 0 Å². The maximum absolute atomic E-state index is 12.0. The topological polar surface area (TPSA) is 91.9 Å². The lowest BCUT2D eigenvalue weighted by Crippen LogP contribution is -2.43. The lowest BCUT2D eigenvalue weighted by atomic mass is 9.91. The van der Waals surface area contributed by atoms with Gasteiger partial charge in [0.2, 0.25) is 5.91 Å². The third-order valence-corrected chi connectivity index (χ3v) is 5.58. The van der Waals surface area contributed by atoms with E-state index >= 15 is 0 Å². The highest BCUT2D eigenvalue weighted by Crippen LogP contribution is 2.31. The summed E-state index contributed by atoms with van der Waals surface area (Å²) >= 11 is 6.33. The van der Waals surface area contributed by atoms with Crippen molar-refractivity contribution in [1.82, 2.24) is 20.3 Å². The van der Waals surface area contributed by atoms with Gasteiger partial charge in [0.1, 0.15) is 23.2 Å². The molecule has 0 spiro atoms. The van der Waals surface area contributed by atoms with Crippen LogP contribution in [0.4, 0.5) is 5.82 Å². The molecule has 3 aromatic heterocycles. The minimum Gasteiger partial charge on any atom is -0.372 e. The number of nitrogens with one attached hydrogen (secondary N) is 3. The Bertz CT molecular complexity index is 1020. The van der Waals surface area contributed by atoms with Gasteiger partial charge in [0.25, 0.3) is 0 Å². The van der Waals surface area contributed by atoms with E-state index in [0.29, 0.717) is 11.8 Å². The van der Waals surface area contributed by atoms with E-state index in [9.17, 15) is 4.79 Å². The van der Waals surface area contributed by atoms with Crippen molar-refractivity contribution in [2.45, 2.75) is 44.7 Å². The first kappa shape index (κ1) is 20.6. The molecule has 1 saturated carbocycles. The van der Waals surface area contributed by atoms with Crippen LogP contribution in [0.15, 0.2) is 36.7 Å². The van der Waals surface area contributed by atoms with Crippen LogP contribution in [0.5, 0.6) is 0 Å². The van der Waals surface area contributed by atoms with Crippen molar-refractivity contribution in [3.63, 3.8) is 0 Å². The van der Waals surface area contributed by atoms with Crippen LogP contribution in [-0.2, 0) is 9.53 Å². The number of rotatable bonds is 7. The molecule has 2 unspecified atom stereocenters. The summed E-state index contributed by atoms with van der Waals surface area (Å²) in [6.07, 6.45) is 7.60. The summed E-state index contributed by atoms with van der Waals surface area (Å²) in [6.45, 7) is 2.54. The van der Waals surface area contributed by atoms with Gasteiger partial charge in [-0.15, -0.1) is 0 Å². The molecular weight excluding hydrogens is 402 g/mol. The first-order valence-corrected chi connectivity index (χ1v) is 10.7. The van der Waals surface area contributed by atoms with E-state index in [2.05, 4.69) is 25.6 Å². The number of amides is 1. The number of anilines is 1. The van der Waals surface area contributed by atoms with Crippen molar-refractivity contribution in [1.29, 1.82) is 0 Å². The van der Waals surface area contributed by atoms with E-state index in [4.69, 9.17) is 16.3 Å². The van der Waals surface area contributed by atoms with Crippen molar-refractivity contribution in [3.8, 4) is 11.1 Å². The number of H-pyrrole nitrogens is 1. The van der Waals surface area contributed by atoms with Crippen molar-refractivity contribution < 1.29 is 9.53 Å². The zero-order chi connectivity index (χ0) is 20.9. The SMILES string of the molecule is CCOCC(=O)NC1CCCC(Nc2cc(-c3c[nH]c4ncccc34)cc(Cl)n2)C1. The molecule has 0 saturated heterocycles. The van der Waals surface area contributed by atoms with E-state index < -0.39 is 0 Å². The van der Waals surface area contributed by atoms with Crippen LogP contribution in [0.1, 0.15) is 32.6 Å². The van der Waals surface area contributed by atoms with Gasteiger partial charge in [0.15, 0.2) is 0 Å². The van der Waals surface area contributed by atoms with Crippen LogP contribution in [0.25, 0.3) is 22.2 Å². The summed E-state index contributed by atoms with van der Waals surface area (Å²) < 4.78 is 5.19. The zero-order valence-electron chi connectivity index (χ0n) is 17.0. The maximum Gasteiger partial charge on any atom is 0.246 e. The average Bonchev–Trinajstić information content (AvgIpc) is 3.16. The molecule has 1 fully saturated rings. The van der Waals surface area contributed by atoms with Crippen LogP contribution in [0.2, 0.25) is 5.15 Å². The second-order valence-corrected chi connectivity index (χ2v) is 7.96. The Balaban J connectivity index is 1.46. The highest BCUT2D eigenvalue weighted by atomic mass is 35.5. The fourth-order valence-electron chi connectivity index (χ4n) is 4.05. The Kier molecular flexibility index (Phi) is 6.50. The number of ether oxygens (including phenoxy) is 1. The van der Waals surface area contributed by atoms with Crippen molar-refractivity contribution in [3.05, 3.63) is 41.8 Å². The smallest absolute Gasteiger partial charge is 0.246 e. The molecule has 1 aliphatic rings. The number of fused-ring (bicyclic) bond motifs is 1. The Labute approximate surface area is 180 Å². The van der Waals surface area contributed by atoms with E-state index in [0.717, 1.165) is 53.7 Å². The number of aromatic amines is 1. The third-order valence-electron chi connectivity index (χ3n) is 5.38. The summed E-state index contributed by atoms with van der Waals surface area (Å²) in [5, 5.41) is 8.07. The van der Waals surface area contributed by atoms with Crippen molar-refractivity contribution in [2.24, 2.45) is 0 Å². The fraction of sp³-hybridized carbons (Fsp3) is 0.409. The summed E-state index contributed by atoms with van der Waals surface area (Å²) in [4.78, 5) is 24.0. The molecule has 0 bridgehead atoms. The number of aromatic nitrogens is 3. The molecule has 1 aliphatic carbocycles. The van der Waals surface area contributed by atoms with Gasteiger partial charge in [0.05, 0.1) is 0 Å². The summed E-state index contributed by atoms with van der Waals surface area (Å²) in [5.41, 5.74) is 2.86. The van der Waals surface area contributed by atoms with E-state index in [1.165, 1.54) is 0 Å². The van der Waals surface area contributed by atoms with E-state index in [1.54, 1.807) is 6.20 Å². The Hall–Kier alpha value is -2.64. The predicted molar refractivity (Wildman–Crippen MR) is 119 cm³/mol. The molecule has 3 N–H and O–H groups in total. The predicted octanol–water partition coefficient (Wildman–Crippen LogP) is 4.15. The molecule has 8 heteroatoms. The van der Waals surface area contributed by atoms with Gasteiger partial charge in [-0.1, -0.05) is 11.6 Å². The number of hydrogen-bond acceptors (Lipinski definition) is 5. The summed E-state index contributed by atoms with van der Waals surface area (Å²) in [6, 6.07) is 8.19. The minimum absolute atomic E-state index is 0.0568. The average molecular weight is 428 g/mol. The van der Waals surface area contributed by atoms with Gasteiger partial charge < -0.3 is 20.4 Å². The highest BCUT2D eigenvalue weighted by molar-refractivity contribution is 6.29.